The summed E-state index contributed by atoms with van der Waals surface area (Å²) in [6, 6.07) is 24.8. The Morgan fingerprint density at radius 2 is 1.13 bits per heavy atom. The minimum absolute atomic E-state index is 0.130. The van der Waals surface area contributed by atoms with Gasteiger partial charge in [0.1, 0.15) is 17.8 Å². The van der Waals surface area contributed by atoms with Crippen LogP contribution in [-0.2, 0) is 23.7 Å². The van der Waals surface area contributed by atoms with Crippen molar-refractivity contribution in [2.24, 2.45) is 0 Å². The van der Waals surface area contributed by atoms with Gasteiger partial charge in [0.25, 0.3) is 0 Å². The second-order valence-electron chi connectivity index (χ2n) is 9.06. The summed E-state index contributed by atoms with van der Waals surface area (Å²) in [5.74, 6) is -2.04. The number of ether oxygens (including phenoxy) is 5. The van der Waals surface area contributed by atoms with Crippen molar-refractivity contribution in [1.82, 2.24) is 0 Å². The number of methoxy groups -OCH3 is 1. The number of benzene rings is 3. The Morgan fingerprint density at radius 1 is 0.711 bits per heavy atom. The van der Waals surface area contributed by atoms with Gasteiger partial charge in [0.2, 0.25) is 0 Å². The van der Waals surface area contributed by atoms with Crippen molar-refractivity contribution >= 4 is 17.9 Å². The normalized spacial score (nSPS) is 27.8. The molecule has 2 aliphatic rings. The minimum atomic E-state index is -1.50. The van der Waals surface area contributed by atoms with E-state index in [4.69, 9.17) is 23.7 Å². The molecule has 2 unspecified atom stereocenters. The summed E-state index contributed by atoms with van der Waals surface area (Å²) in [6.07, 6.45) is -6.12. The van der Waals surface area contributed by atoms with Gasteiger partial charge in [0.05, 0.1) is 16.7 Å². The number of hydrogen-bond acceptors (Lipinski definition) is 9. The van der Waals surface area contributed by atoms with Gasteiger partial charge in [0, 0.05) is 13.5 Å². The predicted octanol–water partition coefficient (Wildman–Crippen LogP) is 3.17. The monoisotopic (exact) mass is 518 g/mol. The van der Waals surface area contributed by atoms with E-state index in [0.717, 1.165) is 0 Å². The standard InChI is InChI=1S/C29H26O9/c1-34-28-23(37-27(33)20-15-9-4-10-16-20)22(36-26(32)19-13-7-3-8-14-19)24(30)29(38-28)17-21(29)35-25(31)18-11-5-2-6-12-18/h2-16,21-24,28,30H,17H2,1H3/t21?,22-,23-,24-,28+,29?/m1/s1. The molecule has 9 heteroatoms. The molecule has 1 N–H and O–H groups in total. The van der Waals surface area contributed by atoms with Crippen molar-refractivity contribution < 1.29 is 43.2 Å². The summed E-state index contributed by atoms with van der Waals surface area (Å²) in [4.78, 5) is 38.5. The zero-order valence-corrected chi connectivity index (χ0v) is 20.5. The Balaban J connectivity index is 1.41. The van der Waals surface area contributed by atoms with Crippen LogP contribution in [0.15, 0.2) is 91.0 Å². The second kappa shape index (κ2) is 10.7. The molecule has 5 rings (SSSR count). The smallest absolute Gasteiger partial charge is 0.338 e. The molecule has 3 aromatic rings. The molecule has 9 nitrogen and oxygen atoms in total. The fraction of sp³-hybridized carbons (Fsp3) is 0.276. The van der Waals surface area contributed by atoms with Crippen LogP contribution in [0.1, 0.15) is 37.5 Å². The summed E-state index contributed by atoms with van der Waals surface area (Å²) < 4.78 is 28.5. The maximum atomic E-state index is 13.0. The van der Waals surface area contributed by atoms with Crippen LogP contribution in [0.4, 0.5) is 0 Å². The summed E-state index contributed by atoms with van der Waals surface area (Å²) >= 11 is 0. The minimum Gasteiger partial charge on any atom is -0.455 e. The Hall–Kier alpha value is -4.05. The lowest BCUT2D eigenvalue weighted by Crippen LogP contribution is -2.63. The Labute approximate surface area is 218 Å². The average Bonchev–Trinajstić information content (AvgIpc) is 3.65. The number of carbonyl (C=O) groups excluding carboxylic acids is 3. The zero-order chi connectivity index (χ0) is 26.7. The van der Waals surface area contributed by atoms with Gasteiger partial charge >= 0.3 is 17.9 Å². The Bertz CT molecular complexity index is 1280. The molecule has 196 valence electrons. The fourth-order valence-corrected chi connectivity index (χ4v) is 4.51. The van der Waals surface area contributed by atoms with E-state index in [2.05, 4.69) is 0 Å². The SMILES string of the molecule is CO[C@H]1OC2(CC2OC(=O)c2ccccc2)[C@H](O)[C@H](OC(=O)c2ccccc2)[C@H]1OC(=O)c1ccccc1. The van der Waals surface area contributed by atoms with Gasteiger partial charge in [0.15, 0.2) is 18.5 Å². The second-order valence-corrected chi connectivity index (χ2v) is 9.06. The highest BCUT2D eigenvalue weighted by molar-refractivity contribution is 5.91. The summed E-state index contributed by atoms with van der Waals surface area (Å²) in [6.45, 7) is 0. The van der Waals surface area contributed by atoms with Crippen molar-refractivity contribution in [3.63, 3.8) is 0 Å². The number of aliphatic hydroxyl groups excluding tert-OH is 1. The van der Waals surface area contributed by atoms with Gasteiger partial charge in [-0.3, -0.25) is 0 Å². The van der Waals surface area contributed by atoms with E-state index in [9.17, 15) is 19.5 Å². The number of rotatable bonds is 7. The first-order valence-electron chi connectivity index (χ1n) is 12.1. The molecular weight excluding hydrogens is 492 g/mol. The lowest BCUT2D eigenvalue weighted by molar-refractivity contribution is -0.303. The highest BCUT2D eigenvalue weighted by Crippen LogP contribution is 2.52. The van der Waals surface area contributed by atoms with Gasteiger partial charge in [-0.05, 0) is 36.4 Å². The Kier molecular flexibility index (Phi) is 7.24. The van der Waals surface area contributed by atoms with Gasteiger partial charge in [-0.25, -0.2) is 14.4 Å². The predicted molar refractivity (Wildman–Crippen MR) is 132 cm³/mol. The van der Waals surface area contributed by atoms with Crippen molar-refractivity contribution in [3.8, 4) is 0 Å². The molecule has 6 atom stereocenters. The van der Waals surface area contributed by atoms with E-state index in [1.54, 1.807) is 91.0 Å². The first-order valence-corrected chi connectivity index (χ1v) is 12.1. The topological polar surface area (TPSA) is 118 Å². The molecule has 0 radical (unpaired) electrons. The highest BCUT2D eigenvalue weighted by Gasteiger charge is 2.72. The quantitative estimate of drug-likeness (QED) is 0.372. The first kappa shape index (κ1) is 25.6. The van der Waals surface area contributed by atoms with Crippen LogP contribution in [0, 0.1) is 0 Å². The molecule has 1 saturated carbocycles. The molecular formula is C29H26O9. The van der Waals surface area contributed by atoms with E-state index in [1.165, 1.54) is 7.11 Å². The zero-order valence-electron chi connectivity index (χ0n) is 20.5. The maximum Gasteiger partial charge on any atom is 0.338 e. The van der Waals surface area contributed by atoms with Crippen molar-refractivity contribution in [2.45, 2.75) is 42.7 Å². The van der Waals surface area contributed by atoms with Crippen molar-refractivity contribution in [3.05, 3.63) is 108 Å². The van der Waals surface area contributed by atoms with Crippen LogP contribution in [-0.4, -0.2) is 66.4 Å². The van der Waals surface area contributed by atoms with Crippen LogP contribution < -0.4 is 0 Å². The molecule has 0 bridgehead atoms. The van der Waals surface area contributed by atoms with Crippen LogP contribution in [0.2, 0.25) is 0 Å². The van der Waals surface area contributed by atoms with Crippen LogP contribution in [0.3, 0.4) is 0 Å². The molecule has 1 aliphatic heterocycles. The van der Waals surface area contributed by atoms with Crippen molar-refractivity contribution in [2.75, 3.05) is 7.11 Å². The number of carbonyl (C=O) groups is 3. The molecule has 1 aliphatic carbocycles. The van der Waals surface area contributed by atoms with Crippen LogP contribution in [0.5, 0.6) is 0 Å². The lowest BCUT2D eigenvalue weighted by atomic mass is 9.96. The number of esters is 3. The van der Waals surface area contributed by atoms with Gasteiger partial charge in [-0.15, -0.1) is 0 Å². The maximum absolute atomic E-state index is 13.0. The average molecular weight is 519 g/mol. The summed E-state index contributed by atoms with van der Waals surface area (Å²) in [5.41, 5.74) is -0.580. The highest BCUT2D eigenvalue weighted by atomic mass is 16.7. The van der Waals surface area contributed by atoms with Crippen LogP contribution in [0.25, 0.3) is 0 Å². The fourth-order valence-electron chi connectivity index (χ4n) is 4.51. The molecule has 1 spiro atoms. The number of hydrogen-bond donors (Lipinski definition) is 1. The van der Waals surface area contributed by atoms with E-state index < -0.39 is 54.2 Å². The molecule has 0 aromatic heterocycles. The largest absolute Gasteiger partial charge is 0.455 e. The molecule has 3 aromatic carbocycles. The molecule has 38 heavy (non-hydrogen) atoms. The molecule has 0 amide bonds. The third-order valence-electron chi connectivity index (χ3n) is 6.63. The lowest BCUT2D eigenvalue weighted by Gasteiger charge is -2.43. The summed E-state index contributed by atoms with van der Waals surface area (Å²) in [5, 5.41) is 11.4. The van der Waals surface area contributed by atoms with Crippen LogP contribution >= 0.6 is 0 Å². The van der Waals surface area contributed by atoms with Crippen molar-refractivity contribution in [1.29, 1.82) is 0 Å². The number of aliphatic hydroxyl groups is 1. The first-order chi connectivity index (χ1) is 18.4. The van der Waals surface area contributed by atoms with E-state index in [1.807, 2.05) is 0 Å². The van der Waals surface area contributed by atoms with E-state index in [-0.39, 0.29) is 17.5 Å². The molecule has 1 saturated heterocycles. The van der Waals surface area contributed by atoms with Gasteiger partial charge in [-0.1, -0.05) is 54.6 Å². The molecule has 2 fully saturated rings. The van der Waals surface area contributed by atoms with Gasteiger partial charge < -0.3 is 28.8 Å². The van der Waals surface area contributed by atoms with Gasteiger partial charge in [-0.2, -0.15) is 0 Å². The third kappa shape index (κ3) is 5.04. The van der Waals surface area contributed by atoms with E-state index >= 15 is 0 Å². The summed E-state index contributed by atoms with van der Waals surface area (Å²) in [7, 11) is 1.34. The third-order valence-corrected chi connectivity index (χ3v) is 6.63. The van der Waals surface area contributed by atoms with E-state index in [0.29, 0.717) is 5.56 Å². The molecule has 1 heterocycles. The Morgan fingerprint density at radius 3 is 1.58 bits per heavy atom.